The molecule has 0 aliphatic carbocycles. The molecule has 6 nitrogen and oxygen atoms in total. The minimum absolute atomic E-state index is 0.0660. The van der Waals surface area contributed by atoms with Crippen molar-refractivity contribution < 1.29 is 14.4 Å². The van der Waals surface area contributed by atoms with Gasteiger partial charge in [-0.05, 0) is 74.2 Å². The third-order valence-corrected chi connectivity index (χ3v) is 5.66. The molecule has 1 N–H and O–H groups in total. The molecule has 1 aliphatic heterocycles. The molecule has 2 aromatic carbocycles. The number of anilines is 1. The highest BCUT2D eigenvalue weighted by Crippen LogP contribution is 2.26. The van der Waals surface area contributed by atoms with E-state index in [1.807, 2.05) is 58.0 Å². The number of hydrogen-bond donors (Lipinski definition) is 1. The van der Waals surface area contributed by atoms with Gasteiger partial charge in [-0.15, -0.1) is 0 Å². The van der Waals surface area contributed by atoms with Crippen molar-refractivity contribution in [3.63, 3.8) is 0 Å². The number of barbiturate groups is 1. The first-order valence-electron chi connectivity index (χ1n) is 10.4. The lowest BCUT2D eigenvalue weighted by Gasteiger charge is -2.27. The Labute approximate surface area is 187 Å². The monoisotopic (exact) mass is 427 g/mol. The van der Waals surface area contributed by atoms with Crippen LogP contribution in [0.3, 0.4) is 0 Å². The summed E-state index contributed by atoms with van der Waals surface area (Å²) in [7, 11) is 0. The molecule has 0 atom stereocenters. The van der Waals surface area contributed by atoms with Crippen LogP contribution in [0.25, 0.3) is 6.08 Å². The Hall–Kier alpha value is -3.93. The fourth-order valence-corrected chi connectivity index (χ4v) is 4.11. The summed E-state index contributed by atoms with van der Waals surface area (Å²) in [4.78, 5) is 39.3. The van der Waals surface area contributed by atoms with Gasteiger partial charge in [0.15, 0.2) is 0 Å². The largest absolute Gasteiger partial charge is 0.344 e. The van der Waals surface area contributed by atoms with Crippen LogP contribution >= 0.6 is 0 Å². The predicted octanol–water partition coefficient (Wildman–Crippen LogP) is 4.44. The number of aryl methyl sites for hydroxylation is 3. The average molecular weight is 428 g/mol. The zero-order valence-electron chi connectivity index (χ0n) is 18.6. The molecule has 1 saturated heterocycles. The quantitative estimate of drug-likeness (QED) is 0.494. The summed E-state index contributed by atoms with van der Waals surface area (Å²) in [6.07, 6.45) is 1.57. The van der Waals surface area contributed by atoms with Gasteiger partial charge in [0.2, 0.25) is 0 Å². The van der Waals surface area contributed by atoms with Gasteiger partial charge in [-0.2, -0.15) is 0 Å². The predicted molar refractivity (Wildman–Crippen MR) is 124 cm³/mol. The third-order valence-electron chi connectivity index (χ3n) is 5.66. The van der Waals surface area contributed by atoms with Crippen LogP contribution in [0.5, 0.6) is 0 Å². The second-order valence-electron chi connectivity index (χ2n) is 8.20. The molecule has 0 bridgehead atoms. The van der Waals surface area contributed by atoms with Gasteiger partial charge < -0.3 is 4.57 Å². The minimum Gasteiger partial charge on any atom is -0.344 e. The zero-order valence-corrected chi connectivity index (χ0v) is 18.6. The highest BCUT2D eigenvalue weighted by atomic mass is 16.2. The lowest BCUT2D eigenvalue weighted by Crippen LogP contribution is -2.54. The van der Waals surface area contributed by atoms with Crippen LogP contribution in [0.1, 0.15) is 33.6 Å². The van der Waals surface area contributed by atoms with E-state index in [1.165, 1.54) is 0 Å². The fraction of sp³-hybridized carbons (Fsp3) is 0.192. The van der Waals surface area contributed by atoms with E-state index in [2.05, 4.69) is 22.0 Å². The Morgan fingerprint density at radius 2 is 1.53 bits per heavy atom. The molecule has 6 heteroatoms. The molecule has 1 aromatic heterocycles. The number of urea groups is 1. The van der Waals surface area contributed by atoms with Crippen LogP contribution in [0.2, 0.25) is 0 Å². The van der Waals surface area contributed by atoms with Gasteiger partial charge in [0.25, 0.3) is 11.8 Å². The van der Waals surface area contributed by atoms with E-state index < -0.39 is 17.8 Å². The molecule has 4 amide bonds. The second-order valence-corrected chi connectivity index (χ2v) is 8.20. The van der Waals surface area contributed by atoms with E-state index in [0.717, 1.165) is 38.5 Å². The molecule has 0 unspecified atom stereocenters. The van der Waals surface area contributed by atoms with E-state index >= 15 is 0 Å². The Balaban J connectivity index is 1.71. The maximum Gasteiger partial charge on any atom is 0.335 e. The van der Waals surface area contributed by atoms with E-state index in [9.17, 15) is 14.4 Å². The summed E-state index contributed by atoms with van der Waals surface area (Å²) in [6, 6.07) is 16.8. The van der Waals surface area contributed by atoms with E-state index in [4.69, 9.17) is 0 Å². The molecule has 0 saturated carbocycles. The van der Waals surface area contributed by atoms with Crippen LogP contribution in [0, 0.1) is 27.7 Å². The molecule has 4 rings (SSSR count). The number of benzene rings is 2. The lowest BCUT2D eigenvalue weighted by molar-refractivity contribution is -0.122. The van der Waals surface area contributed by atoms with Crippen molar-refractivity contribution in [2.24, 2.45) is 0 Å². The fourth-order valence-electron chi connectivity index (χ4n) is 4.11. The number of aromatic nitrogens is 1. The van der Waals surface area contributed by atoms with Crippen molar-refractivity contribution in [2.75, 3.05) is 4.90 Å². The smallest absolute Gasteiger partial charge is 0.335 e. The number of imide groups is 2. The first-order chi connectivity index (χ1) is 15.2. The maximum atomic E-state index is 13.2. The number of hydrogen-bond acceptors (Lipinski definition) is 3. The first-order valence-corrected chi connectivity index (χ1v) is 10.4. The van der Waals surface area contributed by atoms with Crippen molar-refractivity contribution in [1.82, 2.24) is 9.88 Å². The number of nitrogens with zero attached hydrogens (tertiary/aromatic N) is 2. The molecular weight excluding hydrogens is 402 g/mol. The first kappa shape index (κ1) is 21.3. The molecule has 32 heavy (non-hydrogen) atoms. The summed E-state index contributed by atoms with van der Waals surface area (Å²) in [5.41, 5.74) is 6.11. The van der Waals surface area contributed by atoms with Crippen molar-refractivity contribution >= 4 is 29.6 Å². The second kappa shape index (κ2) is 8.30. The van der Waals surface area contributed by atoms with Crippen LogP contribution < -0.4 is 10.2 Å². The third kappa shape index (κ3) is 3.99. The van der Waals surface area contributed by atoms with Crippen molar-refractivity contribution in [2.45, 2.75) is 34.2 Å². The summed E-state index contributed by atoms with van der Waals surface area (Å²) in [5.74, 6) is -1.31. The van der Waals surface area contributed by atoms with Gasteiger partial charge in [-0.1, -0.05) is 36.4 Å². The molecule has 162 valence electrons. The Kier molecular flexibility index (Phi) is 5.53. The molecule has 0 spiro atoms. The number of carbonyl (C=O) groups excluding carboxylic acids is 3. The molecule has 0 radical (unpaired) electrons. The van der Waals surface area contributed by atoms with Crippen LogP contribution in [0.4, 0.5) is 10.5 Å². The van der Waals surface area contributed by atoms with Gasteiger partial charge in [0.05, 0.1) is 5.69 Å². The van der Waals surface area contributed by atoms with Gasteiger partial charge >= 0.3 is 6.03 Å². The van der Waals surface area contributed by atoms with Gasteiger partial charge in [-0.3, -0.25) is 14.9 Å². The van der Waals surface area contributed by atoms with E-state index in [1.54, 1.807) is 18.2 Å². The highest BCUT2D eigenvalue weighted by Gasteiger charge is 2.37. The van der Waals surface area contributed by atoms with E-state index in [-0.39, 0.29) is 5.57 Å². The number of rotatable bonds is 4. The molecule has 2 heterocycles. The molecule has 1 fully saturated rings. The topological polar surface area (TPSA) is 71.4 Å². The zero-order chi connectivity index (χ0) is 23.0. The highest BCUT2D eigenvalue weighted by molar-refractivity contribution is 6.39. The van der Waals surface area contributed by atoms with Gasteiger partial charge in [0, 0.05) is 17.9 Å². The Morgan fingerprint density at radius 1 is 0.875 bits per heavy atom. The van der Waals surface area contributed by atoms with Crippen LogP contribution in [-0.2, 0) is 16.1 Å². The number of carbonyl (C=O) groups is 3. The Bertz CT molecular complexity index is 1250. The molecule has 3 aromatic rings. The summed E-state index contributed by atoms with van der Waals surface area (Å²) < 4.78 is 2.14. The summed E-state index contributed by atoms with van der Waals surface area (Å²) in [5, 5.41) is 2.30. The van der Waals surface area contributed by atoms with Crippen molar-refractivity contribution in [3.8, 4) is 0 Å². The number of nitrogens with one attached hydrogen (secondary N) is 1. The normalized spacial score (nSPS) is 15.4. The van der Waals surface area contributed by atoms with Crippen molar-refractivity contribution in [3.05, 3.63) is 93.8 Å². The van der Waals surface area contributed by atoms with Gasteiger partial charge in [0.1, 0.15) is 5.57 Å². The standard InChI is InChI=1S/C26H25N3O3/c1-16-10-17(2)12-22(11-16)29-25(31)23(24(30)27-26(29)32)14-21-13-18(3)28(19(21)4)15-20-8-6-5-7-9-20/h5-14H,15H2,1-4H3,(H,27,30,32)/b23-14+. The van der Waals surface area contributed by atoms with Crippen LogP contribution in [0.15, 0.2) is 60.2 Å². The molecule has 1 aliphatic rings. The van der Waals surface area contributed by atoms with E-state index in [0.29, 0.717) is 12.2 Å². The average Bonchev–Trinajstić information content (AvgIpc) is 2.98. The summed E-state index contributed by atoms with van der Waals surface area (Å²) in [6.45, 7) is 8.43. The summed E-state index contributed by atoms with van der Waals surface area (Å²) >= 11 is 0. The number of amides is 4. The molecular formula is C26H25N3O3. The minimum atomic E-state index is -0.739. The van der Waals surface area contributed by atoms with Gasteiger partial charge in [-0.25, -0.2) is 9.69 Å². The maximum absolute atomic E-state index is 13.2. The van der Waals surface area contributed by atoms with Crippen molar-refractivity contribution in [1.29, 1.82) is 0 Å². The lowest BCUT2D eigenvalue weighted by atomic mass is 10.1. The van der Waals surface area contributed by atoms with Crippen LogP contribution in [-0.4, -0.2) is 22.4 Å². The Morgan fingerprint density at radius 3 is 2.19 bits per heavy atom. The SMILES string of the molecule is Cc1cc(C)cc(N2C(=O)NC(=O)/C(=C\c3cc(C)n(Cc4ccccc4)c3C)C2=O)c1.